The standard InChI is InChI=1S/C21H22BrNO3/c1-3-25-19-13-17(18(22)15-20(19)26-4-2)14-21(24)23-12-8-11-16-9-6-5-7-10-16/h5-7,9-10,13,15H,3-4,12,14H2,1-2H3,(H,23,24). The van der Waals surface area contributed by atoms with Gasteiger partial charge in [-0.15, -0.1) is 0 Å². The zero-order valence-corrected chi connectivity index (χ0v) is 16.6. The third-order valence-electron chi connectivity index (χ3n) is 3.44. The SMILES string of the molecule is CCOc1cc(Br)c(CC(=O)NCC#Cc2ccccc2)cc1OCC. The molecule has 136 valence electrons. The van der Waals surface area contributed by atoms with Crippen molar-refractivity contribution in [1.82, 2.24) is 5.32 Å². The van der Waals surface area contributed by atoms with Crippen LogP contribution < -0.4 is 14.8 Å². The van der Waals surface area contributed by atoms with Crippen molar-refractivity contribution >= 4 is 21.8 Å². The quantitative estimate of drug-likeness (QED) is 0.696. The number of hydrogen-bond acceptors (Lipinski definition) is 3. The molecule has 2 aromatic carbocycles. The van der Waals surface area contributed by atoms with Crippen molar-refractivity contribution in [3.05, 3.63) is 58.1 Å². The van der Waals surface area contributed by atoms with Crippen LogP contribution in [0.25, 0.3) is 0 Å². The Labute approximate surface area is 163 Å². The summed E-state index contributed by atoms with van der Waals surface area (Å²) in [5.74, 6) is 7.18. The Bertz CT molecular complexity index is 794. The second kappa shape index (κ2) is 10.5. The normalized spacial score (nSPS) is 9.81. The van der Waals surface area contributed by atoms with E-state index in [0.717, 1.165) is 15.6 Å². The van der Waals surface area contributed by atoms with Gasteiger partial charge in [-0.3, -0.25) is 4.79 Å². The molecule has 0 saturated carbocycles. The lowest BCUT2D eigenvalue weighted by atomic mass is 10.1. The molecule has 0 radical (unpaired) electrons. The first-order chi connectivity index (χ1) is 12.6. The average Bonchev–Trinajstić information content (AvgIpc) is 2.64. The summed E-state index contributed by atoms with van der Waals surface area (Å²) < 4.78 is 12.0. The van der Waals surface area contributed by atoms with E-state index in [1.165, 1.54) is 0 Å². The van der Waals surface area contributed by atoms with Gasteiger partial charge in [-0.1, -0.05) is 46.0 Å². The second-order valence-corrected chi connectivity index (χ2v) is 6.23. The van der Waals surface area contributed by atoms with Gasteiger partial charge >= 0.3 is 0 Å². The average molecular weight is 416 g/mol. The number of rotatable bonds is 7. The largest absolute Gasteiger partial charge is 0.490 e. The van der Waals surface area contributed by atoms with Crippen LogP contribution in [-0.2, 0) is 11.2 Å². The van der Waals surface area contributed by atoms with Crippen LogP contribution in [0.1, 0.15) is 25.0 Å². The van der Waals surface area contributed by atoms with E-state index >= 15 is 0 Å². The molecule has 2 aromatic rings. The van der Waals surface area contributed by atoms with E-state index in [-0.39, 0.29) is 12.3 Å². The summed E-state index contributed by atoms with van der Waals surface area (Å²) in [5, 5.41) is 2.81. The summed E-state index contributed by atoms with van der Waals surface area (Å²) in [6, 6.07) is 13.4. The van der Waals surface area contributed by atoms with E-state index in [4.69, 9.17) is 9.47 Å². The zero-order valence-electron chi connectivity index (χ0n) is 15.0. The van der Waals surface area contributed by atoms with Crippen LogP contribution in [0.15, 0.2) is 46.9 Å². The minimum atomic E-state index is -0.0975. The Morgan fingerprint density at radius 1 is 1.08 bits per heavy atom. The molecule has 0 bridgehead atoms. The third-order valence-corrected chi connectivity index (χ3v) is 4.18. The van der Waals surface area contributed by atoms with E-state index in [1.807, 2.05) is 56.3 Å². The highest BCUT2D eigenvalue weighted by molar-refractivity contribution is 9.10. The van der Waals surface area contributed by atoms with Crippen molar-refractivity contribution in [2.24, 2.45) is 0 Å². The van der Waals surface area contributed by atoms with Gasteiger partial charge in [0.25, 0.3) is 0 Å². The fourth-order valence-electron chi connectivity index (χ4n) is 2.30. The number of carbonyl (C=O) groups is 1. The Balaban J connectivity index is 1.97. The van der Waals surface area contributed by atoms with Crippen LogP contribution in [0.4, 0.5) is 0 Å². The molecular weight excluding hydrogens is 394 g/mol. The van der Waals surface area contributed by atoms with Gasteiger partial charge in [-0.05, 0) is 43.7 Å². The first kappa shape index (κ1) is 19.9. The molecule has 0 atom stereocenters. The summed E-state index contributed by atoms with van der Waals surface area (Å²) >= 11 is 3.50. The lowest BCUT2D eigenvalue weighted by Gasteiger charge is -2.14. The Morgan fingerprint density at radius 2 is 1.73 bits per heavy atom. The molecular formula is C21H22BrNO3. The van der Waals surface area contributed by atoms with Crippen molar-refractivity contribution in [3.63, 3.8) is 0 Å². The highest BCUT2D eigenvalue weighted by atomic mass is 79.9. The molecule has 26 heavy (non-hydrogen) atoms. The summed E-state index contributed by atoms with van der Waals surface area (Å²) in [5.41, 5.74) is 1.77. The maximum atomic E-state index is 12.2. The van der Waals surface area contributed by atoms with Crippen LogP contribution in [0.3, 0.4) is 0 Å². The smallest absolute Gasteiger partial charge is 0.225 e. The number of hydrogen-bond donors (Lipinski definition) is 1. The highest BCUT2D eigenvalue weighted by Gasteiger charge is 2.13. The van der Waals surface area contributed by atoms with Crippen LogP contribution in [0.2, 0.25) is 0 Å². The van der Waals surface area contributed by atoms with Gasteiger partial charge in [0, 0.05) is 10.0 Å². The van der Waals surface area contributed by atoms with Crippen LogP contribution in [0.5, 0.6) is 11.5 Å². The van der Waals surface area contributed by atoms with Crippen molar-refractivity contribution in [2.75, 3.05) is 19.8 Å². The number of amides is 1. The molecule has 1 N–H and O–H groups in total. The fraction of sp³-hybridized carbons (Fsp3) is 0.286. The van der Waals surface area contributed by atoms with Gasteiger partial charge in [0.15, 0.2) is 11.5 Å². The number of carbonyl (C=O) groups excluding carboxylic acids is 1. The molecule has 0 aromatic heterocycles. The minimum absolute atomic E-state index is 0.0975. The lowest BCUT2D eigenvalue weighted by molar-refractivity contribution is -0.120. The van der Waals surface area contributed by atoms with Crippen molar-refractivity contribution in [3.8, 4) is 23.3 Å². The zero-order chi connectivity index (χ0) is 18.8. The predicted molar refractivity (Wildman–Crippen MR) is 107 cm³/mol. The van der Waals surface area contributed by atoms with Crippen molar-refractivity contribution < 1.29 is 14.3 Å². The minimum Gasteiger partial charge on any atom is -0.490 e. The van der Waals surface area contributed by atoms with Gasteiger partial charge in [0.2, 0.25) is 5.91 Å². The molecule has 0 spiro atoms. The Morgan fingerprint density at radius 3 is 2.38 bits per heavy atom. The Kier molecular flexibility index (Phi) is 8.04. The summed E-state index contributed by atoms with van der Waals surface area (Å²) in [7, 11) is 0. The number of benzene rings is 2. The monoisotopic (exact) mass is 415 g/mol. The molecule has 0 saturated heterocycles. The van der Waals surface area contributed by atoms with Crippen LogP contribution in [-0.4, -0.2) is 25.7 Å². The number of nitrogens with one attached hydrogen (secondary N) is 1. The van der Waals surface area contributed by atoms with E-state index < -0.39 is 0 Å². The first-order valence-corrected chi connectivity index (χ1v) is 9.32. The molecule has 2 rings (SSSR count). The van der Waals surface area contributed by atoms with Crippen molar-refractivity contribution in [1.29, 1.82) is 0 Å². The van der Waals surface area contributed by atoms with Gasteiger partial charge < -0.3 is 14.8 Å². The molecule has 5 heteroatoms. The number of ether oxygens (including phenoxy) is 2. The van der Waals surface area contributed by atoms with E-state index in [2.05, 4.69) is 33.1 Å². The van der Waals surface area contributed by atoms with E-state index in [1.54, 1.807) is 0 Å². The number of halogens is 1. The maximum Gasteiger partial charge on any atom is 0.225 e. The third kappa shape index (κ3) is 6.12. The molecule has 4 nitrogen and oxygen atoms in total. The van der Waals surface area contributed by atoms with Crippen LogP contribution >= 0.6 is 15.9 Å². The second-order valence-electron chi connectivity index (χ2n) is 5.38. The van der Waals surface area contributed by atoms with Gasteiger partial charge in [0.05, 0.1) is 26.2 Å². The summed E-state index contributed by atoms with van der Waals surface area (Å²) in [6.07, 6.45) is 0.236. The molecule has 0 heterocycles. The molecule has 0 aliphatic rings. The topological polar surface area (TPSA) is 47.6 Å². The summed E-state index contributed by atoms with van der Waals surface area (Å²) in [6.45, 7) is 5.21. The molecule has 0 aliphatic carbocycles. The maximum absolute atomic E-state index is 12.2. The van der Waals surface area contributed by atoms with Gasteiger partial charge in [-0.25, -0.2) is 0 Å². The molecule has 0 unspecified atom stereocenters. The molecule has 0 aliphatic heterocycles. The van der Waals surface area contributed by atoms with Crippen LogP contribution in [0, 0.1) is 11.8 Å². The predicted octanol–water partition coefficient (Wildman–Crippen LogP) is 3.96. The van der Waals surface area contributed by atoms with Crippen molar-refractivity contribution in [2.45, 2.75) is 20.3 Å². The van der Waals surface area contributed by atoms with E-state index in [9.17, 15) is 4.79 Å². The Hall–Kier alpha value is -2.45. The fourth-order valence-corrected chi connectivity index (χ4v) is 2.76. The molecule has 0 fully saturated rings. The van der Waals surface area contributed by atoms with Gasteiger partial charge in [0.1, 0.15) is 0 Å². The summed E-state index contributed by atoms with van der Waals surface area (Å²) in [4.78, 5) is 12.2. The highest BCUT2D eigenvalue weighted by Crippen LogP contribution is 2.34. The van der Waals surface area contributed by atoms with Gasteiger partial charge in [-0.2, -0.15) is 0 Å². The lowest BCUT2D eigenvalue weighted by Crippen LogP contribution is -2.25. The first-order valence-electron chi connectivity index (χ1n) is 8.52. The van der Waals surface area contributed by atoms with E-state index in [0.29, 0.717) is 31.3 Å². The molecule has 1 amide bonds.